The van der Waals surface area contributed by atoms with Crippen LogP contribution in [0.1, 0.15) is 155 Å². The van der Waals surface area contributed by atoms with E-state index >= 15 is 0 Å². The molecular weight excluding hydrogens is 498 g/mol. The Labute approximate surface area is 247 Å². The molecule has 0 aromatic carbocycles. The van der Waals surface area contributed by atoms with Gasteiger partial charge in [0.2, 0.25) is 5.91 Å². The minimum atomic E-state index is -0.954. The summed E-state index contributed by atoms with van der Waals surface area (Å²) < 4.78 is 0. The molecule has 0 saturated carbocycles. The van der Waals surface area contributed by atoms with Crippen LogP contribution >= 0.6 is 0 Å². The molecule has 0 radical (unpaired) electrons. The summed E-state index contributed by atoms with van der Waals surface area (Å²) >= 11 is 0. The van der Waals surface area contributed by atoms with Crippen molar-refractivity contribution in [2.75, 3.05) is 6.61 Å². The first-order valence-electron chi connectivity index (χ1n) is 16.8. The van der Waals surface area contributed by atoms with Crippen LogP contribution in [0.4, 0.5) is 0 Å². The summed E-state index contributed by atoms with van der Waals surface area (Å²) in [5.74, 6) is -0.336. The van der Waals surface area contributed by atoms with Crippen molar-refractivity contribution < 1.29 is 20.1 Å². The molecule has 3 atom stereocenters. The normalized spacial score (nSPS) is 14.4. The van der Waals surface area contributed by atoms with Gasteiger partial charge in [0.1, 0.15) is 0 Å². The topological polar surface area (TPSA) is 89.8 Å². The molecule has 0 saturated heterocycles. The molecule has 5 nitrogen and oxygen atoms in total. The molecule has 0 spiro atoms. The Morgan fingerprint density at radius 3 is 1.60 bits per heavy atom. The smallest absolute Gasteiger partial charge is 0.222 e. The third-order valence-corrected chi connectivity index (χ3v) is 7.41. The number of aliphatic hydroxyl groups is 3. The second-order valence-corrected chi connectivity index (χ2v) is 11.4. The molecule has 5 heteroatoms. The summed E-state index contributed by atoms with van der Waals surface area (Å²) in [5.41, 5.74) is 0. The lowest BCUT2D eigenvalue weighted by Crippen LogP contribution is -2.45. The Morgan fingerprint density at radius 2 is 1.07 bits per heavy atom. The van der Waals surface area contributed by atoms with Crippen LogP contribution in [-0.4, -0.2) is 46.1 Å². The zero-order valence-electron chi connectivity index (χ0n) is 26.2. The van der Waals surface area contributed by atoms with Crippen molar-refractivity contribution in [3.63, 3.8) is 0 Å². The number of allylic oxidation sites excluding steroid dienone is 5. The maximum absolute atomic E-state index is 12.2. The Balaban J connectivity index is 3.85. The second kappa shape index (κ2) is 30.5. The monoisotopic (exact) mass is 563 g/mol. The van der Waals surface area contributed by atoms with E-state index in [1.807, 2.05) is 6.08 Å². The van der Waals surface area contributed by atoms with Gasteiger partial charge in [0, 0.05) is 0 Å². The van der Waals surface area contributed by atoms with Crippen LogP contribution in [0.25, 0.3) is 0 Å². The molecule has 0 rings (SSSR count). The van der Waals surface area contributed by atoms with Gasteiger partial charge in [-0.2, -0.15) is 0 Å². The molecule has 234 valence electrons. The van der Waals surface area contributed by atoms with E-state index in [1.165, 1.54) is 89.9 Å². The van der Waals surface area contributed by atoms with Gasteiger partial charge in [-0.15, -0.1) is 0 Å². The van der Waals surface area contributed by atoms with Gasteiger partial charge in [-0.3, -0.25) is 4.79 Å². The fraction of sp³-hybridized carbons (Fsp3) is 0.800. The second-order valence-electron chi connectivity index (χ2n) is 11.4. The minimum absolute atomic E-state index is 0.00193. The molecule has 40 heavy (non-hydrogen) atoms. The fourth-order valence-corrected chi connectivity index (χ4v) is 4.78. The molecule has 1 amide bonds. The Bertz CT molecular complexity index is 631. The number of amides is 1. The molecule has 0 aliphatic heterocycles. The van der Waals surface area contributed by atoms with E-state index in [4.69, 9.17) is 0 Å². The molecule has 0 fully saturated rings. The van der Waals surface area contributed by atoms with E-state index in [-0.39, 0.29) is 18.9 Å². The van der Waals surface area contributed by atoms with Crippen LogP contribution < -0.4 is 5.32 Å². The lowest BCUT2D eigenvalue weighted by Gasteiger charge is -2.20. The summed E-state index contributed by atoms with van der Waals surface area (Å²) in [5, 5.41) is 32.8. The summed E-state index contributed by atoms with van der Waals surface area (Å²) in [6.07, 6.45) is 35.6. The van der Waals surface area contributed by atoms with Crippen LogP contribution in [-0.2, 0) is 4.79 Å². The summed E-state index contributed by atoms with van der Waals surface area (Å²) in [7, 11) is 0. The van der Waals surface area contributed by atoms with E-state index in [0.29, 0.717) is 6.42 Å². The van der Waals surface area contributed by atoms with E-state index in [9.17, 15) is 20.1 Å². The highest BCUT2D eigenvalue weighted by Gasteiger charge is 2.20. The van der Waals surface area contributed by atoms with Gasteiger partial charge in [0.15, 0.2) is 0 Å². The molecule has 3 unspecified atom stereocenters. The van der Waals surface area contributed by atoms with Crippen LogP contribution in [0.5, 0.6) is 0 Å². The predicted molar refractivity (Wildman–Crippen MR) is 171 cm³/mol. The maximum Gasteiger partial charge on any atom is 0.222 e. The van der Waals surface area contributed by atoms with Crippen LogP contribution in [0, 0.1) is 0 Å². The number of carbonyl (C=O) groups is 1. The van der Waals surface area contributed by atoms with E-state index in [2.05, 4.69) is 43.5 Å². The van der Waals surface area contributed by atoms with Crippen molar-refractivity contribution in [3.05, 3.63) is 36.5 Å². The van der Waals surface area contributed by atoms with Gasteiger partial charge in [0.05, 0.1) is 31.3 Å². The quantitative estimate of drug-likeness (QED) is 0.0543. The summed E-state index contributed by atoms with van der Waals surface area (Å²) in [6.45, 7) is 4.12. The number of unbranched alkanes of at least 4 members (excludes halogenated alkanes) is 16. The van der Waals surface area contributed by atoms with E-state index in [0.717, 1.165) is 38.5 Å². The Morgan fingerprint density at radius 1 is 0.625 bits per heavy atom. The first-order valence-corrected chi connectivity index (χ1v) is 16.8. The van der Waals surface area contributed by atoms with Crippen molar-refractivity contribution in [1.82, 2.24) is 5.32 Å². The molecule has 0 aromatic rings. The zero-order valence-corrected chi connectivity index (χ0v) is 26.2. The fourth-order valence-electron chi connectivity index (χ4n) is 4.78. The van der Waals surface area contributed by atoms with E-state index < -0.39 is 18.2 Å². The lowest BCUT2D eigenvalue weighted by atomic mass is 10.0. The Hall–Kier alpha value is -1.43. The molecule has 0 bridgehead atoms. The van der Waals surface area contributed by atoms with Crippen LogP contribution in [0.15, 0.2) is 36.5 Å². The molecule has 0 heterocycles. The van der Waals surface area contributed by atoms with Gasteiger partial charge in [-0.1, -0.05) is 140 Å². The van der Waals surface area contributed by atoms with Gasteiger partial charge in [-0.05, 0) is 44.9 Å². The molecule has 0 aromatic heterocycles. The van der Waals surface area contributed by atoms with Gasteiger partial charge in [-0.25, -0.2) is 0 Å². The lowest BCUT2D eigenvalue weighted by molar-refractivity contribution is -0.124. The number of rotatable bonds is 29. The number of hydrogen-bond acceptors (Lipinski definition) is 4. The molecular formula is C35H65NO4. The number of hydrogen-bond donors (Lipinski definition) is 4. The average molecular weight is 564 g/mol. The number of nitrogens with one attached hydrogen (secondary N) is 1. The first-order chi connectivity index (χ1) is 19.5. The SMILES string of the molecule is CCCCCCCCCC/C=C/CC/C=C/CC/C=C/C(O)C(CO)NC(=O)CC(O)CCCCCCCCC. The van der Waals surface area contributed by atoms with Crippen LogP contribution in [0.3, 0.4) is 0 Å². The predicted octanol–water partition coefficient (Wildman–Crippen LogP) is 8.48. The van der Waals surface area contributed by atoms with Crippen molar-refractivity contribution in [1.29, 1.82) is 0 Å². The first kappa shape index (κ1) is 38.6. The maximum atomic E-state index is 12.2. The Kier molecular flexibility index (Phi) is 29.4. The van der Waals surface area contributed by atoms with Gasteiger partial charge >= 0.3 is 0 Å². The third-order valence-electron chi connectivity index (χ3n) is 7.41. The molecule has 4 N–H and O–H groups in total. The third kappa shape index (κ3) is 26.8. The number of carbonyl (C=O) groups excluding carboxylic acids is 1. The largest absolute Gasteiger partial charge is 0.394 e. The number of aliphatic hydroxyl groups excluding tert-OH is 3. The molecule has 0 aliphatic rings. The van der Waals surface area contributed by atoms with Gasteiger partial charge in [0.25, 0.3) is 0 Å². The zero-order chi connectivity index (χ0) is 29.5. The van der Waals surface area contributed by atoms with Crippen molar-refractivity contribution >= 4 is 5.91 Å². The summed E-state index contributed by atoms with van der Waals surface area (Å²) in [4.78, 5) is 12.2. The van der Waals surface area contributed by atoms with E-state index in [1.54, 1.807) is 6.08 Å². The minimum Gasteiger partial charge on any atom is -0.394 e. The highest BCUT2D eigenvalue weighted by atomic mass is 16.3. The van der Waals surface area contributed by atoms with Crippen molar-refractivity contribution in [3.8, 4) is 0 Å². The highest BCUT2D eigenvalue weighted by Crippen LogP contribution is 2.12. The summed E-state index contributed by atoms with van der Waals surface area (Å²) in [6, 6.07) is -0.761. The van der Waals surface area contributed by atoms with Crippen molar-refractivity contribution in [2.24, 2.45) is 0 Å². The molecule has 0 aliphatic carbocycles. The van der Waals surface area contributed by atoms with Gasteiger partial charge < -0.3 is 20.6 Å². The standard InChI is InChI=1S/C35H65NO4/c1-3-5-7-9-11-12-13-14-15-16-17-18-19-20-21-23-25-27-29-34(39)33(31-37)36-35(40)30-32(38)28-26-24-22-10-8-6-4-2/h16-17,20-21,27,29,32-34,37-39H,3-15,18-19,22-26,28,30-31H2,1-2H3,(H,36,40)/b17-16+,21-20+,29-27+. The van der Waals surface area contributed by atoms with Crippen molar-refractivity contribution in [2.45, 2.75) is 173 Å². The van der Waals surface area contributed by atoms with Crippen LogP contribution in [0.2, 0.25) is 0 Å². The highest BCUT2D eigenvalue weighted by molar-refractivity contribution is 5.76. The average Bonchev–Trinajstić information content (AvgIpc) is 2.94.